The number of alkyl halides is 3. The molecule has 17 heavy (non-hydrogen) atoms. The smallest absolute Gasteiger partial charge is 0.428 e. The molecule has 0 spiro atoms. The molecule has 94 valence electrons. The van der Waals surface area contributed by atoms with E-state index >= 15 is 0 Å². The van der Waals surface area contributed by atoms with Crippen LogP contribution in [-0.4, -0.2) is 16.8 Å². The molecule has 2 nitrogen and oxygen atoms in total. The van der Waals surface area contributed by atoms with Crippen LogP contribution in [0.3, 0.4) is 0 Å². The SMILES string of the molecule is Fc1cc(Br)cnc1OC1(C(F)(F)F)CCC1. The second kappa shape index (κ2) is 4.12. The maximum Gasteiger partial charge on any atom is 0.428 e. The molecule has 2 rings (SSSR count). The Morgan fingerprint density at radius 2 is 2.00 bits per heavy atom. The molecule has 1 saturated carbocycles. The fourth-order valence-corrected chi connectivity index (χ4v) is 1.91. The van der Waals surface area contributed by atoms with Gasteiger partial charge < -0.3 is 4.74 Å². The number of aromatic nitrogens is 1. The molecule has 1 aromatic heterocycles. The largest absolute Gasteiger partial charge is 0.459 e. The molecule has 1 aliphatic carbocycles. The van der Waals surface area contributed by atoms with Crippen molar-refractivity contribution in [3.8, 4) is 5.88 Å². The van der Waals surface area contributed by atoms with Gasteiger partial charge in [-0.1, -0.05) is 0 Å². The second-order valence-corrected chi connectivity index (χ2v) is 4.80. The summed E-state index contributed by atoms with van der Waals surface area (Å²) in [6.45, 7) is 0. The zero-order valence-electron chi connectivity index (χ0n) is 8.52. The van der Waals surface area contributed by atoms with Crippen molar-refractivity contribution in [1.29, 1.82) is 0 Å². The minimum Gasteiger partial charge on any atom is -0.459 e. The lowest BCUT2D eigenvalue weighted by Gasteiger charge is -2.42. The van der Waals surface area contributed by atoms with Gasteiger partial charge in [0.15, 0.2) is 5.82 Å². The summed E-state index contributed by atoms with van der Waals surface area (Å²) in [7, 11) is 0. The summed E-state index contributed by atoms with van der Waals surface area (Å²) >= 11 is 2.97. The molecule has 0 aliphatic heterocycles. The third kappa shape index (κ3) is 2.25. The normalized spacial score (nSPS) is 18.6. The molecule has 1 fully saturated rings. The maximum atomic E-state index is 13.3. The van der Waals surface area contributed by atoms with Gasteiger partial charge in [-0.3, -0.25) is 0 Å². The summed E-state index contributed by atoms with van der Waals surface area (Å²) in [5, 5.41) is 0. The first-order valence-electron chi connectivity index (χ1n) is 4.91. The van der Waals surface area contributed by atoms with Gasteiger partial charge in [0, 0.05) is 10.7 Å². The number of hydrogen-bond acceptors (Lipinski definition) is 2. The Balaban J connectivity index is 2.25. The molecular formula is C10H8BrF4NO. The Morgan fingerprint density at radius 1 is 1.35 bits per heavy atom. The van der Waals surface area contributed by atoms with Crippen molar-refractivity contribution in [3.05, 3.63) is 22.6 Å². The van der Waals surface area contributed by atoms with E-state index in [9.17, 15) is 17.6 Å². The van der Waals surface area contributed by atoms with Gasteiger partial charge in [-0.15, -0.1) is 0 Å². The topological polar surface area (TPSA) is 22.1 Å². The molecule has 1 aromatic rings. The summed E-state index contributed by atoms with van der Waals surface area (Å²) in [4.78, 5) is 3.51. The lowest BCUT2D eigenvalue weighted by Crippen LogP contribution is -2.55. The molecule has 0 atom stereocenters. The first-order chi connectivity index (χ1) is 7.84. The predicted octanol–water partition coefficient (Wildman–Crippen LogP) is 3.85. The van der Waals surface area contributed by atoms with Crippen LogP contribution >= 0.6 is 15.9 Å². The van der Waals surface area contributed by atoms with E-state index in [1.165, 1.54) is 6.20 Å². The molecule has 0 N–H and O–H groups in total. The monoisotopic (exact) mass is 313 g/mol. The van der Waals surface area contributed by atoms with Crippen molar-refractivity contribution in [2.45, 2.75) is 31.0 Å². The van der Waals surface area contributed by atoms with Crippen LogP contribution in [0.15, 0.2) is 16.7 Å². The minimum absolute atomic E-state index is 0.159. The molecule has 0 bridgehead atoms. The fraction of sp³-hybridized carbons (Fsp3) is 0.500. The highest BCUT2D eigenvalue weighted by Gasteiger charge is 2.61. The van der Waals surface area contributed by atoms with E-state index in [1.807, 2.05) is 0 Å². The Kier molecular flexibility index (Phi) is 3.05. The van der Waals surface area contributed by atoms with Gasteiger partial charge in [-0.2, -0.15) is 13.2 Å². The van der Waals surface area contributed by atoms with Crippen molar-refractivity contribution < 1.29 is 22.3 Å². The van der Waals surface area contributed by atoms with Gasteiger partial charge in [0.05, 0.1) is 0 Å². The van der Waals surface area contributed by atoms with E-state index in [0.717, 1.165) is 6.07 Å². The number of pyridine rings is 1. The first kappa shape index (κ1) is 12.6. The summed E-state index contributed by atoms with van der Waals surface area (Å²) in [6.07, 6.45) is -3.22. The average Bonchev–Trinajstić information content (AvgIpc) is 2.11. The van der Waals surface area contributed by atoms with Gasteiger partial charge in [0.1, 0.15) is 0 Å². The van der Waals surface area contributed by atoms with Crippen LogP contribution < -0.4 is 4.74 Å². The standard InChI is InChI=1S/C10H8BrF4NO/c11-6-4-7(12)8(16-5-6)17-9(2-1-3-9)10(13,14)15/h4-5H,1-3H2. The highest BCUT2D eigenvalue weighted by Crippen LogP contribution is 2.48. The lowest BCUT2D eigenvalue weighted by molar-refractivity contribution is -0.275. The van der Waals surface area contributed by atoms with Crippen LogP contribution in [-0.2, 0) is 0 Å². The third-order valence-corrected chi connectivity index (χ3v) is 3.18. The fourth-order valence-electron chi connectivity index (χ4n) is 1.60. The minimum atomic E-state index is -4.51. The Bertz CT molecular complexity index is 431. The van der Waals surface area contributed by atoms with Gasteiger partial charge in [-0.05, 0) is 41.3 Å². The highest BCUT2D eigenvalue weighted by molar-refractivity contribution is 9.10. The molecule has 0 unspecified atom stereocenters. The Hall–Kier alpha value is -0.850. The van der Waals surface area contributed by atoms with Crippen LogP contribution in [0, 0.1) is 5.82 Å². The summed E-state index contributed by atoms with van der Waals surface area (Å²) in [5.74, 6) is -1.51. The van der Waals surface area contributed by atoms with Crippen LogP contribution in [0.1, 0.15) is 19.3 Å². The van der Waals surface area contributed by atoms with E-state index in [1.54, 1.807) is 0 Å². The quantitative estimate of drug-likeness (QED) is 0.774. The Morgan fingerprint density at radius 3 is 2.41 bits per heavy atom. The van der Waals surface area contributed by atoms with Crippen molar-refractivity contribution in [2.24, 2.45) is 0 Å². The van der Waals surface area contributed by atoms with E-state index in [4.69, 9.17) is 4.74 Å². The van der Waals surface area contributed by atoms with Crippen LogP contribution in [0.5, 0.6) is 5.88 Å². The molecular weight excluding hydrogens is 306 g/mol. The number of nitrogens with zero attached hydrogens (tertiary/aromatic N) is 1. The predicted molar refractivity (Wildman–Crippen MR) is 55.2 cm³/mol. The van der Waals surface area contributed by atoms with Crippen LogP contribution in [0.4, 0.5) is 17.6 Å². The first-order valence-corrected chi connectivity index (χ1v) is 5.70. The maximum absolute atomic E-state index is 13.3. The number of hydrogen-bond donors (Lipinski definition) is 0. The summed E-state index contributed by atoms with van der Waals surface area (Å²) in [6, 6.07) is 1.02. The van der Waals surface area contributed by atoms with E-state index in [0.29, 0.717) is 10.9 Å². The zero-order valence-corrected chi connectivity index (χ0v) is 10.1. The van der Waals surface area contributed by atoms with E-state index in [-0.39, 0.29) is 12.8 Å². The van der Waals surface area contributed by atoms with Gasteiger partial charge >= 0.3 is 6.18 Å². The molecule has 0 saturated heterocycles. The van der Waals surface area contributed by atoms with E-state index < -0.39 is 23.5 Å². The number of halogens is 5. The Labute approximate surface area is 103 Å². The third-order valence-electron chi connectivity index (χ3n) is 2.74. The van der Waals surface area contributed by atoms with Crippen molar-refractivity contribution in [3.63, 3.8) is 0 Å². The molecule has 0 radical (unpaired) electrons. The molecule has 0 amide bonds. The summed E-state index contributed by atoms with van der Waals surface area (Å²) in [5.41, 5.74) is -2.27. The molecule has 1 heterocycles. The van der Waals surface area contributed by atoms with E-state index in [2.05, 4.69) is 20.9 Å². The average molecular weight is 314 g/mol. The van der Waals surface area contributed by atoms with Crippen LogP contribution in [0.25, 0.3) is 0 Å². The molecule has 7 heteroatoms. The molecule has 1 aliphatic rings. The van der Waals surface area contributed by atoms with Gasteiger partial charge in [-0.25, -0.2) is 9.37 Å². The van der Waals surface area contributed by atoms with Crippen molar-refractivity contribution >= 4 is 15.9 Å². The summed E-state index contributed by atoms with van der Waals surface area (Å²) < 4.78 is 56.7. The number of rotatable bonds is 2. The number of ether oxygens (including phenoxy) is 1. The van der Waals surface area contributed by atoms with Gasteiger partial charge in [0.2, 0.25) is 5.60 Å². The lowest BCUT2D eigenvalue weighted by atomic mass is 9.79. The van der Waals surface area contributed by atoms with Crippen molar-refractivity contribution in [2.75, 3.05) is 0 Å². The van der Waals surface area contributed by atoms with Crippen molar-refractivity contribution in [1.82, 2.24) is 4.98 Å². The highest BCUT2D eigenvalue weighted by atomic mass is 79.9. The molecule has 0 aromatic carbocycles. The van der Waals surface area contributed by atoms with Gasteiger partial charge in [0.25, 0.3) is 5.88 Å². The van der Waals surface area contributed by atoms with Crippen LogP contribution in [0.2, 0.25) is 0 Å². The second-order valence-electron chi connectivity index (χ2n) is 3.89. The zero-order chi connectivity index (χ0) is 12.7.